The minimum Gasteiger partial charge on any atom is -0.356 e. The minimum atomic E-state index is 0.555. The zero-order chi connectivity index (χ0) is 15.8. The number of aryl methyl sites for hydroxylation is 2. The van der Waals surface area contributed by atoms with Gasteiger partial charge in [0, 0.05) is 36.8 Å². The van der Waals surface area contributed by atoms with E-state index in [2.05, 4.69) is 54.1 Å². The molecule has 0 N–H and O–H groups in total. The Morgan fingerprint density at radius 3 is 2.87 bits per heavy atom. The van der Waals surface area contributed by atoms with Crippen molar-refractivity contribution in [3.63, 3.8) is 0 Å². The van der Waals surface area contributed by atoms with Crippen molar-refractivity contribution in [2.75, 3.05) is 18.0 Å². The number of benzene rings is 1. The second-order valence-electron chi connectivity index (χ2n) is 6.54. The van der Waals surface area contributed by atoms with Crippen LogP contribution in [-0.2, 0) is 0 Å². The number of aromatic nitrogens is 2. The third kappa shape index (κ3) is 2.67. The van der Waals surface area contributed by atoms with Crippen LogP contribution in [-0.4, -0.2) is 23.1 Å². The minimum absolute atomic E-state index is 0.555. The fourth-order valence-corrected chi connectivity index (χ4v) is 3.51. The molecule has 1 atom stereocenters. The maximum Gasteiger partial charge on any atom is 0.129 e. The van der Waals surface area contributed by atoms with E-state index in [0.29, 0.717) is 5.92 Å². The van der Waals surface area contributed by atoms with Crippen LogP contribution in [0.1, 0.15) is 29.0 Å². The number of pyridine rings is 2. The van der Waals surface area contributed by atoms with E-state index in [4.69, 9.17) is 4.98 Å². The van der Waals surface area contributed by atoms with Gasteiger partial charge in [0.1, 0.15) is 5.82 Å². The summed E-state index contributed by atoms with van der Waals surface area (Å²) in [6.45, 7) is 6.38. The lowest BCUT2D eigenvalue weighted by Gasteiger charge is -2.19. The Hall–Kier alpha value is -2.42. The number of anilines is 1. The molecule has 4 rings (SSSR count). The number of fused-ring (bicyclic) bond motifs is 1. The van der Waals surface area contributed by atoms with Crippen LogP contribution < -0.4 is 4.90 Å². The molecule has 3 nitrogen and oxygen atoms in total. The van der Waals surface area contributed by atoms with Crippen molar-refractivity contribution < 1.29 is 0 Å². The van der Waals surface area contributed by atoms with Crippen LogP contribution in [0.4, 0.5) is 5.82 Å². The Bertz CT molecular complexity index is 842. The zero-order valence-electron chi connectivity index (χ0n) is 13.7. The summed E-state index contributed by atoms with van der Waals surface area (Å²) >= 11 is 0. The molecule has 3 heterocycles. The maximum atomic E-state index is 4.92. The lowest BCUT2D eigenvalue weighted by atomic mass is 10.0. The molecule has 1 aliphatic rings. The van der Waals surface area contributed by atoms with Crippen molar-refractivity contribution in [3.8, 4) is 0 Å². The largest absolute Gasteiger partial charge is 0.356 e. The van der Waals surface area contributed by atoms with Gasteiger partial charge in [-0.05, 0) is 55.2 Å². The summed E-state index contributed by atoms with van der Waals surface area (Å²) in [6.07, 6.45) is 5.00. The Morgan fingerprint density at radius 2 is 2.04 bits per heavy atom. The second-order valence-corrected chi connectivity index (χ2v) is 6.54. The van der Waals surface area contributed by atoms with E-state index in [0.717, 1.165) is 30.8 Å². The first kappa shape index (κ1) is 14.2. The Labute approximate surface area is 137 Å². The molecule has 3 heteroatoms. The first-order chi connectivity index (χ1) is 11.2. The molecule has 0 amide bonds. The Balaban J connectivity index is 1.65. The van der Waals surface area contributed by atoms with Gasteiger partial charge in [-0.2, -0.15) is 0 Å². The van der Waals surface area contributed by atoms with E-state index in [1.165, 1.54) is 22.1 Å². The predicted octanol–water partition coefficient (Wildman–Crippen LogP) is 4.24. The van der Waals surface area contributed by atoms with E-state index in [1.807, 2.05) is 18.5 Å². The molecule has 1 aromatic carbocycles. The zero-order valence-corrected chi connectivity index (χ0v) is 13.7. The quantitative estimate of drug-likeness (QED) is 0.709. The molecule has 2 aromatic heterocycles. The van der Waals surface area contributed by atoms with Crippen LogP contribution in [0.25, 0.3) is 10.9 Å². The highest BCUT2D eigenvalue weighted by molar-refractivity contribution is 5.84. The molecule has 1 unspecified atom stereocenters. The van der Waals surface area contributed by atoms with Crippen molar-refractivity contribution >= 4 is 16.7 Å². The van der Waals surface area contributed by atoms with E-state index in [1.54, 1.807) is 0 Å². The van der Waals surface area contributed by atoms with Gasteiger partial charge in [-0.15, -0.1) is 0 Å². The molecular formula is C20H21N3. The highest BCUT2D eigenvalue weighted by Gasteiger charge is 2.25. The molecule has 1 aliphatic heterocycles. The van der Waals surface area contributed by atoms with E-state index < -0.39 is 0 Å². The fourth-order valence-electron chi connectivity index (χ4n) is 3.51. The van der Waals surface area contributed by atoms with Crippen molar-refractivity contribution in [2.45, 2.75) is 26.2 Å². The average molecular weight is 303 g/mol. The third-order valence-electron chi connectivity index (χ3n) is 4.83. The summed E-state index contributed by atoms with van der Waals surface area (Å²) in [5.41, 5.74) is 5.00. The first-order valence-corrected chi connectivity index (χ1v) is 8.23. The van der Waals surface area contributed by atoms with Crippen molar-refractivity contribution in [1.82, 2.24) is 9.97 Å². The molecule has 0 saturated carbocycles. The normalized spacial score (nSPS) is 17.8. The summed E-state index contributed by atoms with van der Waals surface area (Å²) in [7, 11) is 0. The van der Waals surface area contributed by atoms with Crippen molar-refractivity contribution in [2.24, 2.45) is 0 Å². The lowest BCUT2D eigenvalue weighted by molar-refractivity contribution is 0.769. The van der Waals surface area contributed by atoms with Crippen LogP contribution in [0.5, 0.6) is 0 Å². The number of rotatable bonds is 2. The SMILES string of the molecule is Cc1ccc2c(C)cc(N3CCC(c4cccnc4)C3)nc2c1. The lowest BCUT2D eigenvalue weighted by Crippen LogP contribution is -2.20. The molecule has 0 spiro atoms. The standard InChI is InChI=1S/C20H21N3/c1-14-5-6-18-15(2)11-20(22-19(18)10-14)23-9-7-17(13-23)16-4-3-8-21-12-16/h3-6,8,10-12,17H,7,9,13H2,1-2H3. The van der Waals surface area contributed by atoms with Crippen LogP contribution in [0, 0.1) is 13.8 Å². The van der Waals surface area contributed by atoms with E-state index >= 15 is 0 Å². The van der Waals surface area contributed by atoms with Gasteiger partial charge in [0.25, 0.3) is 0 Å². The summed E-state index contributed by atoms with van der Waals surface area (Å²) in [4.78, 5) is 11.6. The molecule has 23 heavy (non-hydrogen) atoms. The monoisotopic (exact) mass is 303 g/mol. The van der Waals surface area contributed by atoms with Crippen LogP contribution >= 0.6 is 0 Å². The van der Waals surface area contributed by atoms with Gasteiger partial charge in [-0.3, -0.25) is 4.98 Å². The van der Waals surface area contributed by atoms with E-state index in [9.17, 15) is 0 Å². The Morgan fingerprint density at radius 1 is 1.13 bits per heavy atom. The van der Waals surface area contributed by atoms with Crippen LogP contribution in [0.15, 0.2) is 48.8 Å². The summed E-state index contributed by atoms with van der Waals surface area (Å²) in [6, 6.07) is 13.0. The third-order valence-corrected chi connectivity index (χ3v) is 4.83. The van der Waals surface area contributed by atoms with Gasteiger partial charge in [0.05, 0.1) is 5.52 Å². The molecular weight excluding hydrogens is 282 g/mol. The summed E-state index contributed by atoms with van der Waals surface area (Å²) < 4.78 is 0. The van der Waals surface area contributed by atoms with Crippen molar-refractivity contribution in [3.05, 3.63) is 65.5 Å². The number of hydrogen-bond donors (Lipinski definition) is 0. The van der Waals surface area contributed by atoms with Gasteiger partial charge in [0.15, 0.2) is 0 Å². The van der Waals surface area contributed by atoms with E-state index in [-0.39, 0.29) is 0 Å². The topological polar surface area (TPSA) is 29.0 Å². The first-order valence-electron chi connectivity index (χ1n) is 8.23. The van der Waals surface area contributed by atoms with Gasteiger partial charge in [-0.25, -0.2) is 4.98 Å². The van der Waals surface area contributed by atoms with Gasteiger partial charge < -0.3 is 4.90 Å². The highest BCUT2D eigenvalue weighted by Crippen LogP contribution is 2.31. The summed E-state index contributed by atoms with van der Waals surface area (Å²) in [5.74, 6) is 1.66. The molecule has 3 aromatic rings. The fraction of sp³-hybridized carbons (Fsp3) is 0.300. The summed E-state index contributed by atoms with van der Waals surface area (Å²) in [5, 5.41) is 1.25. The molecule has 1 fully saturated rings. The number of nitrogens with zero attached hydrogens (tertiary/aromatic N) is 3. The smallest absolute Gasteiger partial charge is 0.129 e. The van der Waals surface area contributed by atoms with Crippen LogP contribution in [0.3, 0.4) is 0 Å². The molecule has 1 saturated heterocycles. The second kappa shape index (κ2) is 5.65. The predicted molar refractivity (Wildman–Crippen MR) is 95.0 cm³/mol. The average Bonchev–Trinajstić information content (AvgIpc) is 3.05. The molecule has 0 aliphatic carbocycles. The Kier molecular flexibility index (Phi) is 3.49. The van der Waals surface area contributed by atoms with Crippen molar-refractivity contribution in [1.29, 1.82) is 0 Å². The molecule has 0 bridgehead atoms. The van der Waals surface area contributed by atoms with Crippen LogP contribution in [0.2, 0.25) is 0 Å². The van der Waals surface area contributed by atoms with Gasteiger partial charge in [0.2, 0.25) is 0 Å². The number of hydrogen-bond acceptors (Lipinski definition) is 3. The van der Waals surface area contributed by atoms with Gasteiger partial charge in [-0.1, -0.05) is 18.2 Å². The molecule has 0 radical (unpaired) electrons. The molecule has 116 valence electrons. The maximum absolute atomic E-state index is 4.92. The van der Waals surface area contributed by atoms with Gasteiger partial charge >= 0.3 is 0 Å². The highest BCUT2D eigenvalue weighted by atomic mass is 15.2.